The fourth-order valence-corrected chi connectivity index (χ4v) is 3.41. The van der Waals surface area contributed by atoms with E-state index in [0.717, 1.165) is 24.6 Å². The molecular formula is C20H30FIN4S. The molecular weight excluding hydrogens is 474 g/mol. The fraction of sp³-hybridized carbons (Fsp3) is 0.450. The van der Waals surface area contributed by atoms with Crippen LogP contribution in [0.25, 0.3) is 0 Å². The van der Waals surface area contributed by atoms with Gasteiger partial charge in [-0.2, -0.15) is 11.3 Å². The van der Waals surface area contributed by atoms with Crippen LogP contribution < -0.4 is 10.6 Å². The van der Waals surface area contributed by atoms with Gasteiger partial charge in [-0.3, -0.25) is 0 Å². The lowest BCUT2D eigenvalue weighted by Crippen LogP contribution is -2.39. The number of aliphatic imine (C=N–C) groups is 1. The van der Waals surface area contributed by atoms with E-state index in [9.17, 15) is 4.39 Å². The third-order valence-electron chi connectivity index (χ3n) is 4.05. The third kappa shape index (κ3) is 8.15. The van der Waals surface area contributed by atoms with Crippen molar-refractivity contribution >= 4 is 41.3 Å². The smallest absolute Gasteiger partial charge is 0.191 e. The quantitative estimate of drug-likeness (QED) is 0.318. The molecule has 0 aliphatic carbocycles. The lowest BCUT2D eigenvalue weighted by atomic mass is 10.1. The molecule has 4 nitrogen and oxygen atoms in total. The Morgan fingerprint density at radius 3 is 2.67 bits per heavy atom. The van der Waals surface area contributed by atoms with E-state index in [1.54, 1.807) is 17.4 Å². The van der Waals surface area contributed by atoms with Crippen LogP contribution >= 0.6 is 35.3 Å². The number of halogens is 2. The summed E-state index contributed by atoms with van der Waals surface area (Å²) in [6, 6.07) is 7.39. The van der Waals surface area contributed by atoms with Crippen molar-refractivity contribution in [2.75, 3.05) is 27.2 Å². The molecule has 0 radical (unpaired) electrons. The van der Waals surface area contributed by atoms with Crippen LogP contribution in [-0.4, -0.2) is 38.0 Å². The van der Waals surface area contributed by atoms with Gasteiger partial charge in [-0.25, -0.2) is 9.38 Å². The molecule has 0 aliphatic heterocycles. The first-order chi connectivity index (χ1) is 12.5. The fourth-order valence-electron chi connectivity index (χ4n) is 2.62. The summed E-state index contributed by atoms with van der Waals surface area (Å²) in [7, 11) is 3.87. The normalized spacial score (nSPS) is 12.6. The largest absolute Gasteiger partial charge is 0.357 e. The number of nitrogens with one attached hydrogen (secondary N) is 2. The molecule has 0 bridgehead atoms. The zero-order valence-corrected chi connectivity index (χ0v) is 19.6. The van der Waals surface area contributed by atoms with Crippen LogP contribution in [0.4, 0.5) is 4.39 Å². The van der Waals surface area contributed by atoms with Crippen LogP contribution in [0.1, 0.15) is 36.5 Å². The second-order valence-electron chi connectivity index (χ2n) is 6.70. The molecule has 27 heavy (non-hydrogen) atoms. The van der Waals surface area contributed by atoms with Gasteiger partial charge in [0.15, 0.2) is 5.96 Å². The average Bonchev–Trinajstić information content (AvgIpc) is 3.14. The van der Waals surface area contributed by atoms with Crippen molar-refractivity contribution in [3.8, 4) is 0 Å². The third-order valence-corrected chi connectivity index (χ3v) is 4.75. The molecule has 0 saturated carbocycles. The Balaban J connectivity index is 0.00000364. The number of guanidine groups is 1. The van der Waals surface area contributed by atoms with E-state index in [2.05, 4.69) is 39.4 Å². The first kappa shape index (κ1) is 23.8. The van der Waals surface area contributed by atoms with E-state index >= 15 is 0 Å². The monoisotopic (exact) mass is 504 g/mol. The summed E-state index contributed by atoms with van der Waals surface area (Å²) in [6.07, 6.45) is 0. The van der Waals surface area contributed by atoms with Crippen LogP contribution in [0.3, 0.4) is 0 Å². The zero-order valence-electron chi connectivity index (χ0n) is 16.5. The highest BCUT2D eigenvalue weighted by Crippen LogP contribution is 2.17. The Hall–Kier alpha value is -1.19. The van der Waals surface area contributed by atoms with E-state index in [1.165, 1.54) is 11.6 Å². The maximum absolute atomic E-state index is 13.9. The van der Waals surface area contributed by atoms with Crippen LogP contribution in [0.15, 0.2) is 40.0 Å². The van der Waals surface area contributed by atoms with Gasteiger partial charge in [0, 0.05) is 25.2 Å². The Bertz CT molecular complexity index is 704. The minimum atomic E-state index is -0.166. The number of rotatable bonds is 8. The van der Waals surface area contributed by atoms with E-state index < -0.39 is 0 Å². The SMILES string of the molecule is CCNC(=NCc1ccc(F)c(CN(C)C)c1)NCC(C)c1ccsc1.I. The summed E-state index contributed by atoms with van der Waals surface area (Å²) < 4.78 is 13.9. The van der Waals surface area contributed by atoms with Crippen molar-refractivity contribution in [1.82, 2.24) is 15.5 Å². The van der Waals surface area contributed by atoms with Gasteiger partial charge in [0.1, 0.15) is 5.82 Å². The standard InChI is InChI=1S/C20H29FN4S.HI/c1-5-22-20(23-11-15(2)17-8-9-26-14-17)24-12-16-6-7-19(21)18(10-16)13-25(3)4;/h6-10,14-15H,5,11-13H2,1-4H3,(H2,22,23,24);1H. The second-order valence-corrected chi connectivity index (χ2v) is 7.48. The van der Waals surface area contributed by atoms with Gasteiger partial charge in [0.25, 0.3) is 0 Å². The predicted molar refractivity (Wildman–Crippen MR) is 125 cm³/mol. The number of thiophene rings is 1. The molecule has 2 N–H and O–H groups in total. The highest BCUT2D eigenvalue weighted by molar-refractivity contribution is 14.0. The lowest BCUT2D eigenvalue weighted by Gasteiger charge is -2.15. The maximum Gasteiger partial charge on any atom is 0.191 e. The summed E-state index contributed by atoms with van der Waals surface area (Å²) >= 11 is 1.72. The van der Waals surface area contributed by atoms with Gasteiger partial charge >= 0.3 is 0 Å². The van der Waals surface area contributed by atoms with Gasteiger partial charge in [0.2, 0.25) is 0 Å². The van der Waals surface area contributed by atoms with Crippen molar-refractivity contribution in [3.05, 3.63) is 57.5 Å². The topological polar surface area (TPSA) is 39.7 Å². The molecule has 150 valence electrons. The Kier molecular flexibility index (Phi) is 10.9. The van der Waals surface area contributed by atoms with E-state index in [1.807, 2.05) is 32.0 Å². The maximum atomic E-state index is 13.9. The molecule has 0 spiro atoms. The Morgan fingerprint density at radius 2 is 2.04 bits per heavy atom. The highest BCUT2D eigenvalue weighted by atomic mass is 127. The van der Waals surface area contributed by atoms with Crippen LogP contribution in [-0.2, 0) is 13.1 Å². The summed E-state index contributed by atoms with van der Waals surface area (Å²) in [4.78, 5) is 6.61. The predicted octanol–water partition coefficient (Wildman–Crippen LogP) is 4.43. The highest BCUT2D eigenvalue weighted by Gasteiger charge is 2.08. The molecule has 0 amide bonds. The molecule has 0 saturated heterocycles. The minimum absolute atomic E-state index is 0. The Labute approximate surface area is 183 Å². The van der Waals surface area contributed by atoms with Crippen molar-refractivity contribution in [2.24, 2.45) is 4.99 Å². The first-order valence-corrected chi connectivity index (χ1v) is 9.90. The summed E-state index contributed by atoms with van der Waals surface area (Å²) in [5.41, 5.74) is 3.04. The van der Waals surface area contributed by atoms with Gasteiger partial charge in [0.05, 0.1) is 6.54 Å². The van der Waals surface area contributed by atoms with Crippen molar-refractivity contribution in [3.63, 3.8) is 0 Å². The molecule has 1 atom stereocenters. The number of hydrogen-bond acceptors (Lipinski definition) is 3. The van der Waals surface area contributed by atoms with Gasteiger partial charge in [-0.1, -0.05) is 13.0 Å². The molecule has 1 heterocycles. The molecule has 0 aliphatic rings. The second kappa shape index (κ2) is 12.3. The molecule has 1 aromatic carbocycles. The van der Waals surface area contributed by atoms with E-state index in [0.29, 0.717) is 24.6 Å². The molecule has 2 rings (SSSR count). The van der Waals surface area contributed by atoms with E-state index in [4.69, 9.17) is 0 Å². The average molecular weight is 504 g/mol. The Morgan fingerprint density at radius 1 is 1.26 bits per heavy atom. The summed E-state index contributed by atoms with van der Waals surface area (Å²) in [5, 5.41) is 11.0. The van der Waals surface area contributed by atoms with Gasteiger partial charge < -0.3 is 15.5 Å². The van der Waals surface area contributed by atoms with Crippen molar-refractivity contribution in [1.29, 1.82) is 0 Å². The van der Waals surface area contributed by atoms with Crippen molar-refractivity contribution in [2.45, 2.75) is 32.9 Å². The zero-order chi connectivity index (χ0) is 18.9. The number of hydrogen-bond donors (Lipinski definition) is 2. The molecule has 2 aromatic rings. The number of benzene rings is 1. The van der Waals surface area contributed by atoms with Gasteiger partial charge in [-0.05, 0) is 67.0 Å². The van der Waals surface area contributed by atoms with Gasteiger partial charge in [-0.15, -0.1) is 24.0 Å². The van der Waals surface area contributed by atoms with Crippen LogP contribution in [0, 0.1) is 5.82 Å². The lowest BCUT2D eigenvalue weighted by molar-refractivity contribution is 0.392. The van der Waals surface area contributed by atoms with Crippen LogP contribution in [0.5, 0.6) is 0 Å². The number of nitrogens with zero attached hydrogens (tertiary/aromatic N) is 2. The molecule has 1 aromatic heterocycles. The molecule has 7 heteroatoms. The van der Waals surface area contributed by atoms with E-state index in [-0.39, 0.29) is 29.8 Å². The molecule has 0 fully saturated rings. The van der Waals surface area contributed by atoms with Crippen molar-refractivity contribution < 1.29 is 4.39 Å². The minimum Gasteiger partial charge on any atom is -0.357 e. The summed E-state index contributed by atoms with van der Waals surface area (Å²) in [6.45, 7) is 6.97. The molecule has 1 unspecified atom stereocenters. The summed E-state index contributed by atoms with van der Waals surface area (Å²) in [5.74, 6) is 1.04. The first-order valence-electron chi connectivity index (χ1n) is 8.96. The van der Waals surface area contributed by atoms with Crippen LogP contribution in [0.2, 0.25) is 0 Å².